The standard InChI is InChI=1S/C18H24N4S/c1-21(2)17-19-10-15-4-7-18(16(15)20-17)6-3-8-22(13-18)11-14-5-9-23-12-14/h5,9-10,12H,3-4,6-8,11,13H2,1-2H3. The highest BCUT2D eigenvalue weighted by atomic mass is 32.1. The maximum atomic E-state index is 4.95. The van der Waals surface area contributed by atoms with Crippen LogP contribution in [0.5, 0.6) is 0 Å². The van der Waals surface area contributed by atoms with E-state index in [0.717, 1.165) is 25.5 Å². The van der Waals surface area contributed by atoms with Crippen LogP contribution < -0.4 is 4.90 Å². The average Bonchev–Trinajstić information content (AvgIpc) is 3.17. The molecule has 5 heteroatoms. The first kappa shape index (κ1) is 15.1. The molecule has 1 aliphatic carbocycles. The van der Waals surface area contributed by atoms with Gasteiger partial charge in [-0.25, -0.2) is 9.97 Å². The third-order valence-electron chi connectivity index (χ3n) is 5.27. The quantitative estimate of drug-likeness (QED) is 0.867. The van der Waals surface area contributed by atoms with E-state index in [1.807, 2.05) is 19.0 Å². The van der Waals surface area contributed by atoms with Crippen molar-refractivity contribution >= 4 is 17.3 Å². The summed E-state index contributed by atoms with van der Waals surface area (Å²) in [7, 11) is 4.04. The second kappa shape index (κ2) is 5.87. The first-order chi connectivity index (χ1) is 11.2. The number of fused-ring (bicyclic) bond motifs is 2. The molecule has 2 aliphatic rings. The molecular formula is C18H24N4S. The highest BCUT2D eigenvalue weighted by Gasteiger charge is 2.43. The summed E-state index contributed by atoms with van der Waals surface area (Å²) in [5.74, 6) is 0.847. The number of aromatic nitrogens is 2. The lowest BCUT2D eigenvalue weighted by Crippen LogP contribution is -2.45. The van der Waals surface area contributed by atoms with E-state index in [0.29, 0.717) is 0 Å². The van der Waals surface area contributed by atoms with Crippen molar-refractivity contribution in [3.63, 3.8) is 0 Å². The Morgan fingerprint density at radius 2 is 2.26 bits per heavy atom. The lowest BCUT2D eigenvalue weighted by atomic mass is 9.77. The van der Waals surface area contributed by atoms with E-state index in [1.165, 1.54) is 42.6 Å². The van der Waals surface area contributed by atoms with Crippen LogP contribution in [-0.2, 0) is 18.4 Å². The molecular weight excluding hydrogens is 304 g/mol. The van der Waals surface area contributed by atoms with Crippen molar-refractivity contribution in [1.29, 1.82) is 0 Å². The Morgan fingerprint density at radius 1 is 1.35 bits per heavy atom. The van der Waals surface area contributed by atoms with Crippen molar-refractivity contribution in [2.75, 3.05) is 32.1 Å². The van der Waals surface area contributed by atoms with Gasteiger partial charge < -0.3 is 4.90 Å². The number of hydrogen-bond donors (Lipinski definition) is 0. The topological polar surface area (TPSA) is 32.3 Å². The summed E-state index contributed by atoms with van der Waals surface area (Å²) in [6.45, 7) is 3.42. The maximum Gasteiger partial charge on any atom is 0.225 e. The molecule has 1 aliphatic heterocycles. The molecule has 1 spiro atoms. The van der Waals surface area contributed by atoms with Crippen molar-refractivity contribution in [3.8, 4) is 0 Å². The van der Waals surface area contributed by atoms with E-state index in [1.54, 1.807) is 11.3 Å². The summed E-state index contributed by atoms with van der Waals surface area (Å²) in [6, 6.07) is 2.25. The molecule has 4 nitrogen and oxygen atoms in total. The fourth-order valence-electron chi connectivity index (χ4n) is 4.15. The highest BCUT2D eigenvalue weighted by Crippen LogP contribution is 2.44. The van der Waals surface area contributed by atoms with Crippen molar-refractivity contribution in [2.45, 2.75) is 37.6 Å². The third kappa shape index (κ3) is 2.76. The second-order valence-corrected chi connectivity index (χ2v) is 7.94. The minimum Gasteiger partial charge on any atom is -0.347 e. The number of likely N-dealkylation sites (tertiary alicyclic amines) is 1. The number of anilines is 1. The molecule has 4 rings (SSSR count). The molecule has 0 N–H and O–H groups in total. The zero-order valence-corrected chi connectivity index (χ0v) is 14.8. The molecule has 0 aromatic carbocycles. The van der Waals surface area contributed by atoms with Gasteiger partial charge in [0.05, 0.1) is 5.69 Å². The molecule has 1 atom stereocenters. The van der Waals surface area contributed by atoms with E-state index in [9.17, 15) is 0 Å². The monoisotopic (exact) mass is 328 g/mol. The van der Waals surface area contributed by atoms with Crippen LogP contribution >= 0.6 is 11.3 Å². The van der Waals surface area contributed by atoms with Gasteiger partial charge in [0.1, 0.15) is 0 Å². The summed E-state index contributed by atoms with van der Waals surface area (Å²) in [5.41, 5.74) is 4.39. The number of hydrogen-bond acceptors (Lipinski definition) is 5. The molecule has 3 heterocycles. The molecule has 122 valence electrons. The minimum atomic E-state index is 0.247. The lowest BCUT2D eigenvalue weighted by Gasteiger charge is -2.40. The molecule has 0 saturated carbocycles. The predicted molar refractivity (Wildman–Crippen MR) is 95.2 cm³/mol. The van der Waals surface area contributed by atoms with Crippen LogP contribution in [0.15, 0.2) is 23.0 Å². The Morgan fingerprint density at radius 3 is 3.04 bits per heavy atom. The summed E-state index contributed by atoms with van der Waals surface area (Å²) in [6.07, 6.45) is 6.96. The molecule has 0 amide bonds. The zero-order valence-electron chi connectivity index (χ0n) is 14.0. The molecule has 23 heavy (non-hydrogen) atoms. The molecule has 1 fully saturated rings. The first-order valence-electron chi connectivity index (χ1n) is 8.43. The smallest absolute Gasteiger partial charge is 0.225 e. The third-order valence-corrected chi connectivity index (χ3v) is 6.00. The van der Waals surface area contributed by atoms with E-state index in [4.69, 9.17) is 4.98 Å². The molecule has 2 aromatic rings. The number of nitrogens with zero attached hydrogens (tertiary/aromatic N) is 4. The Hall–Kier alpha value is -1.46. The van der Waals surface area contributed by atoms with Gasteiger partial charge in [0, 0.05) is 38.8 Å². The Balaban J connectivity index is 1.61. The number of aryl methyl sites for hydroxylation is 1. The van der Waals surface area contributed by atoms with Crippen LogP contribution in [0.2, 0.25) is 0 Å². The Labute approximate surface area is 142 Å². The van der Waals surface area contributed by atoms with Crippen LogP contribution in [0.4, 0.5) is 5.95 Å². The van der Waals surface area contributed by atoms with Crippen molar-refractivity contribution < 1.29 is 0 Å². The van der Waals surface area contributed by atoms with Gasteiger partial charge in [0.15, 0.2) is 0 Å². The van der Waals surface area contributed by atoms with Crippen LogP contribution in [0.25, 0.3) is 0 Å². The predicted octanol–water partition coefficient (Wildman–Crippen LogP) is 3.08. The van der Waals surface area contributed by atoms with Crippen LogP contribution in [-0.4, -0.2) is 42.1 Å². The zero-order chi connectivity index (χ0) is 15.9. The van der Waals surface area contributed by atoms with Gasteiger partial charge in [-0.15, -0.1) is 0 Å². The number of thiophene rings is 1. The number of rotatable bonds is 3. The van der Waals surface area contributed by atoms with Gasteiger partial charge in [0.2, 0.25) is 5.95 Å². The van der Waals surface area contributed by atoms with E-state index in [-0.39, 0.29) is 5.41 Å². The first-order valence-corrected chi connectivity index (χ1v) is 9.38. The van der Waals surface area contributed by atoms with Crippen LogP contribution in [0, 0.1) is 0 Å². The highest BCUT2D eigenvalue weighted by molar-refractivity contribution is 7.07. The van der Waals surface area contributed by atoms with Crippen molar-refractivity contribution in [2.24, 2.45) is 0 Å². The largest absolute Gasteiger partial charge is 0.347 e. The van der Waals surface area contributed by atoms with Crippen LogP contribution in [0.3, 0.4) is 0 Å². The Bertz CT molecular complexity index is 678. The number of piperidine rings is 1. The van der Waals surface area contributed by atoms with Crippen molar-refractivity contribution in [3.05, 3.63) is 39.8 Å². The lowest BCUT2D eigenvalue weighted by molar-refractivity contribution is 0.137. The van der Waals surface area contributed by atoms with Crippen LogP contribution in [0.1, 0.15) is 36.1 Å². The van der Waals surface area contributed by atoms with E-state index in [2.05, 4.69) is 32.9 Å². The average molecular weight is 328 g/mol. The maximum absolute atomic E-state index is 4.95. The molecule has 0 radical (unpaired) electrons. The van der Waals surface area contributed by atoms with Gasteiger partial charge >= 0.3 is 0 Å². The molecule has 0 bridgehead atoms. The summed E-state index contributed by atoms with van der Waals surface area (Å²) < 4.78 is 0. The second-order valence-electron chi connectivity index (χ2n) is 7.16. The van der Waals surface area contributed by atoms with Gasteiger partial charge in [0.25, 0.3) is 0 Å². The summed E-state index contributed by atoms with van der Waals surface area (Å²) >= 11 is 1.79. The molecule has 2 aromatic heterocycles. The molecule has 1 unspecified atom stereocenters. The normalized spacial score (nSPS) is 24.1. The fourth-order valence-corrected chi connectivity index (χ4v) is 4.81. The minimum absolute atomic E-state index is 0.247. The van der Waals surface area contributed by atoms with Gasteiger partial charge in [-0.3, -0.25) is 4.90 Å². The molecule has 1 saturated heterocycles. The summed E-state index contributed by atoms with van der Waals surface area (Å²) in [5, 5.41) is 4.45. The Kier molecular flexibility index (Phi) is 3.85. The SMILES string of the molecule is CN(C)c1ncc2c(n1)C1(CCCN(Cc3ccsc3)C1)CC2. The van der Waals surface area contributed by atoms with E-state index >= 15 is 0 Å². The fraction of sp³-hybridized carbons (Fsp3) is 0.556. The van der Waals surface area contributed by atoms with Crippen molar-refractivity contribution in [1.82, 2.24) is 14.9 Å². The van der Waals surface area contributed by atoms with Gasteiger partial charge in [-0.05, 0) is 60.2 Å². The van der Waals surface area contributed by atoms with Gasteiger partial charge in [-0.2, -0.15) is 11.3 Å². The summed E-state index contributed by atoms with van der Waals surface area (Å²) in [4.78, 5) is 14.1. The van der Waals surface area contributed by atoms with Gasteiger partial charge in [-0.1, -0.05) is 0 Å². The van der Waals surface area contributed by atoms with E-state index < -0.39 is 0 Å².